The minimum atomic E-state index is -0.0650. The van der Waals surface area contributed by atoms with Crippen LogP contribution in [0.5, 0.6) is 0 Å². The standard InChI is InChI=1S/C19H28N4O2/c1-15(2)23-14-17(12-18(23)24)20-19(25)22-10-8-21(9-11-22)13-16-6-4-3-5-7-16/h3-7,15,17H,8-14H2,1-2H3,(H,20,25). The van der Waals surface area contributed by atoms with E-state index >= 15 is 0 Å². The van der Waals surface area contributed by atoms with E-state index in [9.17, 15) is 9.59 Å². The minimum absolute atomic E-state index is 0.0391. The molecule has 136 valence electrons. The molecule has 2 aliphatic rings. The zero-order valence-corrected chi connectivity index (χ0v) is 15.1. The lowest BCUT2D eigenvalue weighted by Crippen LogP contribution is -2.53. The van der Waals surface area contributed by atoms with Crippen molar-refractivity contribution in [3.63, 3.8) is 0 Å². The van der Waals surface area contributed by atoms with Gasteiger partial charge < -0.3 is 15.1 Å². The summed E-state index contributed by atoms with van der Waals surface area (Å²) in [4.78, 5) is 30.5. The Bertz CT molecular complexity index is 597. The molecular formula is C19H28N4O2. The third kappa shape index (κ3) is 4.51. The fourth-order valence-electron chi connectivity index (χ4n) is 3.54. The van der Waals surface area contributed by atoms with E-state index in [0.29, 0.717) is 13.0 Å². The zero-order valence-electron chi connectivity index (χ0n) is 15.1. The van der Waals surface area contributed by atoms with Crippen LogP contribution in [0.4, 0.5) is 4.79 Å². The van der Waals surface area contributed by atoms with Crippen molar-refractivity contribution in [1.82, 2.24) is 20.0 Å². The van der Waals surface area contributed by atoms with Crippen LogP contribution in [0.1, 0.15) is 25.8 Å². The number of rotatable bonds is 4. The number of carbonyl (C=O) groups is 2. The first-order valence-electron chi connectivity index (χ1n) is 9.14. The van der Waals surface area contributed by atoms with Crippen LogP contribution < -0.4 is 5.32 Å². The summed E-state index contributed by atoms with van der Waals surface area (Å²) in [5, 5.41) is 3.03. The van der Waals surface area contributed by atoms with Gasteiger partial charge in [0.25, 0.3) is 0 Å². The molecule has 0 spiro atoms. The summed E-state index contributed by atoms with van der Waals surface area (Å²) >= 11 is 0. The van der Waals surface area contributed by atoms with E-state index < -0.39 is 0 Å². The van der Waals surface area contributed by atoms with E-state index in [1.54, 1.807) is 0 Å². The predicted octanol–water partition coefficient (Wildman–Crippen LogP) is 1.52. The van der Waals surface area contributed by atoms with Gasteiger partial charge in [0.1, 0.15) is 0 Å². The first kappa shape index (κ1) is 17.7. The zero-order chi connectivity index (χ0) is 17.8. The van der Waals surface area contributed by atoms with Crippen LogP contribution in [0.15, 0.2) is 30.3 Å². The SMILES string of the molecule is CC(C)N1CC(NC(=O)N2CCN(Cc3ccccc3)CC2)CC1=O. The highest BCUT2D eigenvalue weighted by atomic mass is 16.2. The lowest BCUT2D eigenvalue weighted by atomic mass is 10.2. The highest BCUT2D eigenvalue weighted by Gasteiger charge is 2.33. The van der Waals surface area contributed by atoms with Gasteiger partial charge in [-0.1, -0.05) is 30.3 Å². The molecule has 3 amide bonds. The average Bonchev–Trinajstić information content (AvgIpc) is 2.97. The predicted molar refractivity (Wildman–Crippen MR) is 97.1 cm³/mol. The molecule has 3 rings (SSSR count). The number of hydrogen-bond donors (Lipinski definition) is 1. The molecule has 0 aromatic heterocycles. The molecule has 2 aliphatic heterocycles. The van der Waals surface area contributed by atoms with Crippen molar-refractivity contribution < 1.29 is 9.59 Å². The van der Waals surface area contributed by atoms with Crippen molar-refractivity contribution in [1.29, 1.82) is 0 Å². The number of nitrogens with zero attached hydrogens (tertiary/aromatic N) is 3. The highest BCUT2D eigenvalue weighted by molar-refractivity contribution is 5.82. The van der Waals surface area contributed by atoms with Crippen LogP contribution in [-0.2, 0) is 11.3 Å². The quantitative estimate of drug-likeness (QED) is 0.901. The number of nitrogens with one attached hydrogen (secondary N) is 1. The van der Waals surface area contributed by atoms with E-state index in [1.165, 1.54) is 5.56 Å². The summed E-state index contributed by atoms with van der Waals surface area (Å²) in [7, 11) is 0. The largest absolute Gasteiger partial charge is 0.338 e. The second kappa shape index (κ2) is 7.87. The molecular weight excluding hydrogens is 316 g/mol. The van der Waals surface area contributed by atoms with Gasteiger partial charge >= 0.3 is 6.03 Å². The van der Waals surface area contributed by atoms with Gasteiger partial charge in [0, 0.05) is 51.7 Å². The van der Waals surface area contributed by atoms with Gasteiger partial charge in [0.15, 0.2) is 0 Å². The maximum absolute atomic E-state index is 12.5. The fourth-order valence-corrected chi connectivity index (χ4v) is 3.54. The summed E-state index contributed by atoms with van der Waals surface area (Å²) in [6.07, 6.45) is 0.415. The molecule has 1 aromatic rings. The van der Waals surface area contributed by atoms with Crippen molar-refractivity contribution in [2.75, 3.05) is 32.7 Å². The monoisotopic (exact) mass is 344 g/mol. The van der Waals surface area contributed by atoms with Crippen molar-refractivity contribution in [3.05, 3.63) is 35.9 Å². The summed E-state index contributed by atoms with van der Waals surface area (Å²) < 4.78 is 0. The van der Waals surface area contributed by atoms with E-state index in [-0.39, 0.29) is 24.0 Å². The van der Waals surface area contributed by atoms with Crippen molar-refractivity contribution in [2.45, 2.75) is 38.9 Å². The van der Waals surface area contributed by atoms with Gasteiger partial charge in [-0.3, -0.25) is 9.69 Å². The molecule has 2 heterocycles. The maximum atomic E-state index is 12.5. The lowest BCUT2D eigenvalue weighted by molar-refractivity contribution is -0.129. The average molecular weight is 344 g/mol. The number of urea groups is 1. The molecule has 0 saturated carbocycles. The Balaban J connectivity index is 1.43. The number of carbonyl (C=O) groups excluding carboxylic acids is 2. The van der Waals surface area contributed by atoms with Crippen molar-refractivity contribution in [2.24, 2.45) is 0 Å². The van der Waals surface area contributed by atoms with E-state index in [2.05, 4.69) is 34.5 Å². The van der Waals surface area contributed by atoms with Crippen molar-refractivity contribution in [3.8, 4) is 0 Å². The third-order valence-electron chi connectivity index (χ3n) is 5.02. The second-order valence-corrected chi connectivity index (χ2v) is 7.24. The van der Waals surface area contributed by atoms with Gasteiger partial charge in [-0.2, -0.15) is 0 Å². The molecule has 0 radical (unpaired) electrons. The molecule has 0 aliphatic carbocycles. The molecule has 6 heteroatoms. The normalized spacial score (nSPS) is 21.9. The summed E-state index contributed by atoms with van der Waals surface area (Å²) in [5.74, 6) is 0.132. The number of likely N-dealkylation sites (tertiary alicyclic amines) is 1. The topological polar surface area (TPSA) is 55.9 Å². The van der Waals surface area contributed by atoms with Gasteiger partial charge in [0.2, 0.25) is 5.91 Å². The number of piperazine rings is 1. The molecule has 1 N–H and O–H groups in total. The molecule has 2 fully saturated rings. The Hall–Kier alpha value is -2.08. The Kier molecular flexibility index (Phi) is 5.58. The first-order valence-corrected chi connectivity index (χ1v) is 9.14. The molecule has 1 atom stereocenters. The lowest BCUT2D eigenvalue weighted by Gasteiger charge is -2.35. The minimum Gasteiger partial charge on any atom is -0.338 e. The van der Waals surface area contributed by atoms with Crippen LogP contribution in [0.25, 0.3) is 0 Å². The molecule has 6 nitrogen and oxygen atoms in total. The molecule has 1 unspecified atom stereocenters. The van der Waals surface area contributed by atoms with Crippen LogP contribution in [0.3, 0.4) is 0 Å². The Morgan fingerprint density at radius 2 is 1.84 bits per heavy atom. The first-order chi connectivity index (χ1) is 12.0. The van der Waals surface area contributed by atoms with Crippen molar-refractivity contribution >= 4 is 11.9 Å². The van der Waals surface area contributed by atoms with E-state index in [4.69, 9.17) is 0 Å². The van der Waals surface area contributed by atoms with Crippen LogP contribution in [0.2, 0.25) is 0 Å². The van der Waals surface area contributed by atoms with Crippen LogP contribution in [-0.4, -0.2) is 71.4 Å². The molecule has 0 bridgehead atoms. The summed E-state index contributed by atoms with van der Waals surface area (Å²) in [6, 6.07) is 10.5. The molecule has 2 saturated heterocycles. The smallest absolute Gasteiger partial charge is 0.317 e. The van der Waals surface area contributed by atoms with Gasteiger partial charge in [-0.25, -0.2) is 4.79 Å². The second-order valence-electron chi connectivity index (χ2n) is 7.24. The Labute approximate surface area is 149 Å². The van der Waals surface area contributed by atoms with Gasteiger partial charge in [-0.15, -0.1) is 0 Å². The highest BCUT2D eigenvalue weighted by Crippen LogP contribution is 2.15. The molecule has 25 heavy (non-hydrogen) atoms. The Morgan fingerprint density at radius 1 is 1.16 bits per heavy atom. The number of hydrogen-bond acceptors (Lipinski definition) is 3. The van der Waals surface area contributed by atoms with Gasteiger partial charge in [-0.05, 0) is 19.4 Å². The van der Waals surface area contributed by atoms with Crippen LogP contribution in [0, 0.1) is 0 Å². The number of benzene rings is 1. The molecule has 1 aromatic carbocycles. The van der Waals surface area contributed by atoms with Crippen LogP contribution >= 0.6 is 0 Å². The summed E-state index contributed by atoms with van der Waals surface area (Å²) in [5.41, 5.74) is 1.30. The number of amides is 3. The third-order valence-corrected chi connectivity index (χ3v) is 5.02. The maximum Gasteiger partial charge on any atom is 0.317 e. The van der Waals surface area contributed by atoms with E-state index in [0.717, 1.165) is 32.7 Å². The summed E-state index contributed by atoms with van der Waals surface area (Å²) in [6.45, 7) is 8.78. The fraction of sp³-hybridized carbons (Fsp3) is 0.579. The Morgan fingerprint density at radius 3 is 2.44 bits per heavy atom. The van der Waals surface area contributed by atoms with E-state index in [1.807, 2.05) is 29.7 Å². The van der Waals surface area contributed by atoms with Gasteiger partial charge in [0.05, 0.1) is 6.04 Å².